The van der Waals surface area contributed by atoms with E-state index in [1.165, 1.54) is 37.8 Å². The molecule has 4 aromatic heterocycles. The number of aromatic amines is 2. The van der Waals surface area contributed by atoms with Gasteiger partial charge in [0.2, 0.25) is 0 Å². The fourth-order valence-electron chi connectivity index (χ4n) is 5.62. The molecule has 0 unspecified atom stereocenters. The van der Waals surface area contributed by atoms with E-state index in [0.717, 1.165) is 55.9 Å². The fourth-order valence-corrected chi connectivity index (χ4v) is 5.62. The summed E-state index contributed by atoms with van der Waals surface area (Å²) >= 11 is 0. The van der Waals surface area contributed by atoms with Crippen molar-refractivity contribution in [2.45, 2.75) is 39.5 Å². The number of anilines is 1. The maximum Gasteiger partial charge on any atom is 0.159 e. The number of benzene rings is 1. The summed E-state index contributed by atoms with van der Waals surface area (Å²) in [6.07, 6.45) is 13.8. The van der Waals surface area contributed by atoms with Crippen LogP contribution in [-0.4, -0.2) is 30.1 Å². The SMILES string of the molecule is C=C/C=C(/c1cc(C)cc(F)c1)c1nc(-c2n[nH]c3cnc(-c4cncc(NC(=C)C5CCCC5)c4)cc23)[nH]c1C. The average molecular weight is 546 g/mol. The fraction of sp³-hybridized carbons (Fsp3) is 0.212. The highest BCUT2D eigenvalue weighted by Gasteiger charge is 2.20. The van der Waals surface area contributed by atoms with Crippen LogP contribution in [0.5, 0.6) is 0 Å². The molecule has 1 aromatic carbocycles. The molecule has 6 rings (SSSR count). The van der Waals surface area contributed by atoms with Gasteiger partial charge in [0.25, 0.3) is 0 Å². The van der Waals surface area contributed by atoms with E-state index in [-0.39, 0.29) is 5.82 Å². The molecule has 0 bridgehead atoms. The zero-order valence-corrected chi connectivity index (χ0v) is 23.3. The zero-order chi connectivity index (χ0) is 28.5. The molecule has 8 heteroatoms. The average Bonchev–Trinajstić information content (AvgIpc) is 3.71. The molecule has 0 amide bonds. The summed E-state index contributed by atoms with van der Waals surface area (Å²) in [5.41, 5.74) is 8.95. The predicted molar refractivity (Wildman–Crippen MR) is 163 cm³/mol. The van der Waals surface area contributed by atoms with E-state index in [9.17, 15) is 4.39 Å². The molecule has 41 heavy (non-hydrogen) atoms. The number of pyridine rings is 2. The summed E-state index contributed by atoms with van der Waals surface area (Å²) in [4.78, 5) is 17.4. The second-order valence-electron chi connectivity index (χ2n) is 10.7. The molecule has 0 spiro atoms. The van der Waals surface area contributed by atoms with Gasteiger partial charge in [-0.1, -0.05) is 44.2 Å². The van der Waals surface area contributed by atoms with Gasteiger partial charge in [-0.15, -0.1) is 0 Å². The standard InChI is InChI=1S/C33H32FN7/c1-5-8-27(23-11-19(2)12-25(34)13-23)31-21(4)38-33(39-31)32-28-15-29(36-18-30(28)40-41-32)24-14-26(17-35-16-24)37-20(3)22-9-6-7-10-22/h5,8,11-18,22,37H,1,3,6-7,9-10H2,2,4H3,(H,38,39)(H,40,41)/b27-8-. The molecule has 0 aliphatic heterocycles. The van der Waals surface area contributed by atoms with Gasteiger partial charge in [0.1, 0.15) is 11.5 Å². The van der Waals surface area contributed by atoms with Crippen LogP contribution in [0.25, 0.3) is 39.3 Å². The maximum atomic E-state index is 14.3. The largest absolute Gasteiger partial charge is 0.358 e. The molecule has 206 valence electrons. The first-order valence-electron chi connectivity index (χ1n) is 13.8. The summed E-state index contributed by atoms with van der Waals surface area (Å²) in [5, 5.41) is 12.0. The van der Waals surface area contributed by atoms with E-state index in [4.69, 9.17) is 4.98 Å². The molecule has 5 aromatic rings. The number of aromatic nitrogens is 6. The summed E-state index contributed by atoms with van der Waals surface area (Å²) in [6, 6.07) is 9.00. The molecule has 1 aliphatic rings. The number of nitrogens with one attached hydrogen (secondary N) is 3. The lowest BCUT2D eigenvalue weighted by Gasteiger charge is -2.15. The van der Waals surface area contributed by atoms with Crippen LogP contribution in [0.15, 0.2) is 79.9 Å². The molecular formula is C33H32FN7. The van der Waals surface area contributed by atoms with Crippen molar-refractivity contribution in [3.8, 4) is 22.8 Å². The van der Waals surface area contributed by atoms with Crippen molar-refractivity contribution in [3.05, 3.63) is 108 Å². The van der Waals surface area contributed by atoms with Crippen LogP contribution in [-0.2, 0) is 0 Å². The van der Waals surface area contributed by atoms with E-state index in [2.05, 4.69) is 43.6 Å². The maximum absolute atomic E-state index is 14.3. The minimum atomic E-state index is -0.293. The minimum Gasteiger partial charge on any atom is -0.358 e. The minimum absolute atomic E-state index is 0.293. The quantitative estimate of drug-likeness (QED) is 0.172. The molecule has 0 radical (unpaired) electrons. The smallest absolute Gasteiger partial charge is 0.159 e. The number of halogens is 1. The molecular weight excluding hydrogens is 513 g/mol. The lowest BCUT2D eigenvalue weighted by atomic mass is 9.99. The molecule has 1 aliphatic carbocycles. The normalized spacial score (nSPS) is 14.1. The number of H-pyrrole nitrogens is 2. The van der Waals surface area contributed by atoms with Crippen molar-refractivity contribution >= 4 is 22.2 Å². The first-order chi connectivity index (χ1) is 19.9. The van der Waals surface area contributed by atoms with Crippen LogP contribution in [0.1, 0.15) is 48.2 Å². The lowest BCUT2D eigenvalue weighted by Crippen LogP contribution is -2.07. The zero-order valence-electron chi connectivity index (χ0n) is 23.3. The topological polar surface area (TPSA) is 95.2 Å². The second kappa shape index (κ2) is 11.0. The number of hydrogen-bond acceptors (Lipinski definition) is 5. The van der Waals surface area contributed by atoms with Gasteiger partial charge in [0, 0.05) is 34.1 Å². The van der Waals surface area contributed by atoms with Gasteiger partial charge in [-0.2, -0.15) is 5.10 Å². The van der Waals surface area contributed by atoms with Crippen LogP contribution in [0.2, 0.25) is 0 Å². The summed E-state index contributed by atoms with van der Waals surface area (Å²) in [5.74, 6) is 0.818. The lowest BCUT2D eigenvalue weighted by molar-refractivity contribution is 0.626. The van der Waals surface area contributed by atoms with Crippen LogP contribution in [0.3, 0.4) is 0 Å². The molecule has 0 atom stereocenters. The highest BCUT2D eigenvalue weighted by Crippen LogP contribution is 2.34. The Morgan fingerprint density at radius 1 is 1.07 bits per heavy atom. The molecule has 4 heterocycles. The number of imidazole rings is 1. The summed E-state index contributed by atoms with van der Waals surface area (Å²) in [7, 11) is 0. The Bertz CT molecular complexity index is 1780. The van der Waals surface area contributed by atoms with Crippen LogP contribution in [0, 0.1) is 25.6 Å². The summed E-state index contributed by atoms with van der Waals surface area (Å²) < 4.78 is 14.3. The monoisotopic (exact) mass is 545 g/mol. The van der Waals surface area contributed by atoms with Gasteiger partial charge in [-0.3, -0.25) is 15.1 Å². The van der Waals surface area contributed by atoms with Gasteiger partial charge in [-0.05, 0) is 68.0 Å². The number of aryl methyl sites for hydroxylation is 2. The number of allylic oxidation sites excluding steroid dienone is 3. The predicted octanol–water partition coefficient (Wildman–Crippen LogP) is 7.90. The van der Waals surface area contributed by atoms with E-state index in [0.29, 0.717) is 23.1 Å². The Labute approximate surface area is 238 Å². The Balaban J connectivity index is 1.34. The molecule has 1 fully saturated rings. The third-order valence-electron chi connectivity index (χ3n) is 7.64. The Morgan fingerprint density at radius 2 is 1.90 bits per heavy atom. The van der Waals surface area contributed by atoms with Crippen molar-refractivity contribution in [2.75, 3.05) is 5.32 Å². The first kappa shape index (κ1) is 26.4. The van der Waals surface area contributed by atoms with Crippen molar-refractivity contribution in [3.63, 3.8) is 0 Å². The Morgan fingerprint density at radius 3 is 2.68 bits per heavy atom. The van der Waals surface area contributed by atoms with Gasteiger partial charge in [0.05, 0.1) is 35.0 Å². The second-order valence-corrected chi connectivity index (χ2v) is 10.7. The highest BCUT2D eigenvalue weighted by molar-refractivity contribution is 5.93. The van der Waals surface area contributed by atoms with Gasteiger partial charge < -0.3 is 10.3 Å². The molecule has 1 saturated carbocycles. The third-order valence-corrected chi connectivity index (χ3v) is 7.64. The number of rotatable bonds is 8. The van der Waals surface area contributed by atoms with Gasteiger partial charge in [-0.25, -0.2) is 9.37 Å². The molecule has 3 N–H and O–H groups in total. The molecule has 7 nitrogen and oxygen atoms in total. The van der Waals surface area contributed by atoms with Gasteiger partial charge in [0.15, 0.2) is 5.82 Å². The number of fused-ring (bicyclic) bond motifs is 1. The van der Waals surface area contributed by atoms with Crippen molar-refractivity contribution in [1.82, 2.24) is 30.1 Å². The molecule has 0 saturated heterocycles. The van der Waals surface area contributed by atoms with E-state index < -0.39 is 0 Å². The van der Waals surface area contributed by atoms with E-state index in [1.807, 2.05) is 44.3 Å². The van der Waals surface area contributed by atoms with E-state index >= 15 is 0 Å². The van der Waals surface area contributed by atoms with Crippen molar-refractivity contribution in [2.24, 2.45) is 5.92 Å². The summed E-state index contributed by atoms with van der Waals surface area (Å²) in [6.45, 7) is 11.9. The Kier molecular flexibility index (Phi) is 7.05. The first-order valence-corrected chi connectivity index (χ1v) is 13.8. The van der Waals surface area contributed by atoms with Crippen LogP contribution >= 0.6 is 0 Å². The number of hydrogen-bond donors (Lipinski definition) is 3. The number of nitrogens with zero attached hydrogens (tertiary/aromatic N) is 4. The van der Waals surface area contributed by atoms with Crippen molar-refractivity contribution in [1.29, 1.82) is 0 Å². The Hall–Kier alpha value is -4.85. The van der Waals surface area contributed by atoms with E-state index in [1.54, 1.807) is 18.5 Å². The van der Waals surface area contributed by atoms with Crippen molar-refractivity contribution < 1.29 is 4.39 Å². The third kappa shape index (κ3) is 5.33. The van der Waals surface area contributed by atoms with Gasteiger partial charge >= 0.3 is 0 Å². The van der Waals surface area contributed by atoms with Crippen LogP contribution < -0.4 is 5.32 Å². The highest BCUT2D eigenvalue weighted by atomic mass is 19.1. The van der Waals surface area contributed by atoms with Crippen LogP contribution in [0.4, 0.5) is 10.1 Å².